The normalized spacial score (nSPS) is 9.92. The lowest BCUT2D eigenvalue weighted by molar-refractivity contribution is 0.101. The van der Waals surface area contributed by atoms with E-state index in [4.69, 9.17) is 11.6 Å². The van der Waals surface area contributed by atoms with Gasteiger partial charge in [-0.1, -0.05) is 23.7 Å². The molecule has 0 spiro atoms. The van der Waals surface area contributed by atoms with Crippen molar-refractivity contribution in [1.82, 2.24) is 0 Å². The van der Waals surface area contributed by atoms with Gasteiger partial charge in [-0.3, -0.25) is 4.79 Å². The van der Waals surface area contributed by atoms with Gasteiger partial charge in [0.1, 0.15) is 0 Å². The average molecular weight is 201 g/mol. The Morgan fingerprint density at radius 2 is 2.17 bits per heavy atom. The number of Topliss-reactive ketones (excluding diaryl/α,β-unsaturated/α-hetero) is 1. The smallest absolute Gasteiger partial charge is 0.160 e. The molecule has 0 heterocycles. The van der Waals surface area contributed by atoms with Crippen molar-refractivity contribution in [2.24, 2.45) is 0 Å². The Morgan fingerprint density at radius 1 is 1.50 bits per heavy atom. The van der Waals surface area contributed by atoms with Crippen molar-refractivity contribution < 1.29 is 4.79 Å². The van der Waals surface area contributed by atoms with Crippen molar-refractivity contribution in [3.8, 4) is 0 Å². The van der Waals surface area contributed by atoms with Gasteiger partial charge >= 0.3 is 0 Å². The Labute approximate surface area is 81.1 Å². The molecular weight excluding hydrogens is 192 g/mol. The highest BCUT2D eigenvalue weighted by Crippen LogP contribution is 2.28. The van der Waals surface area contributed by atoms with Crippen LogP contribution in [0.2, 0.25) is 5.02 Å². The van der Waals surface area contributed by atoms with Crippen molar-refractivity contribution in [1.29, 1.82) is 0 Å². The van der Waals surface area contributed by atoms with Crippen LogP contribution in [0.15, 0.2) is 23.1 Å². The number of hydrogen-bond donors (Lipinski definition) is 0. The van der Waals surface area contributed by atoms with Gasteiger partial charge in [-0.15, -0.1) is 11.8 Å². The van der Waals surface area contributed by atoms with Crippen LogP contribution >= 0.6 is 23.4 Å². The Hall–Kier alpha value is -0.470. The third kappa shape index (κ3) is 1.82. The van der Waals surface area contributed by atoms with Gasteiger partial charge in [-0.25, -0.2) is 0 Å². The standard InChI is InChI=1S/C9H9ClOS/c1-6(11)7-4-3-5-8(10)9(7)12-2/h3-5H,1-2H3. The minimum atomic E-state index is 0.0573. The zero-order chi connectivity index (χ0) is 9.14. The van der Waals surface area contributed by atoms with E-state index < -0.39 is 0 Å². The number of thioether (sulfide) groups is 1. The fourth-order valence-corrected chi connectivity index (χ4v) is 2.09. The predicted octanol–water partition coefficient (Wildman–Crippen LogP) is 3.26. The monoisotopic (exact) mass is 200 g/mol. The fourth-order valence-electron chi connectivity index (χ4n) is 0.994. The molecule has 0 fully saturated rings. The lowest BCUT2D eigenvalue weighted by Gasteiger charge is -2.04. The molecule has 1 aromatic rings. The number of carbonyl (C=O) groups is 1. The van der Waals surface area contributed by atoms with E-state index in [0.29, 0.717) is 10.6 Å². The predicted molar refractivity (Wildman–Crippen MR) is 53.2 cm³/mol. The van der Waals surface area contributed by atoms with Gasteiger partial charge in [0.05, 0.1) is 5.02 Å². The van der Waals surface area contributed by atoms with Gasteiger partial charge < -0.3 is 0 Å². The Bertz CT molecular complexity index is 309. The van der Waals surface area contributed by atoms with Gasteiger partial charge in [0.15, 0.2) is 5.78 Å². The summed E-state index contributed by atoms with van der Waals surface area (Å²) >= 11 is 7.40. The van der Waals surface area contributed by atoms with Crippen molar-refractivity contribution in [3.63, 3.8) is 0 Å². The molecule has 0 unspecified atom stereocenters. The summed E-state index contributed by atoms with van der Waals surface area (Å²) in [5, 5.41) is 0.648. The molecular formula is C9H9ClOS. The van der Waals surface area contributed by atoms with Crippen LogP contribution in [0.25, 0.3) is 0 Å². The molecule has 1 aromatic carbocycles. The highest BCUT2D eigenvalue weighted by molar-refractivity contribution is 7.98. The molecule has 1 nitrogen and oxygen atoms in total. The highest BCUT2D eigenvalue weighted by Gasteiger charge is 2.08. The molecule has 0 radical (unpaired) electrons. The number of benzene rings is 1. The molecule has 3 heteroatoms. The molecule has 0 N–H and O–H groups in total. The molecule has 0 amide bonds. The maximum atomic E-state index is 11.1. The molecule has 0 saturated heterocycles. The quantitative estimate of drug-likeness (QED) is 0.539. The molecule has 64 valence electrons. The summed E-state index contributed by atoms with van der Waals surface area (Å²) in [5.41, 5.74) is 0.704. The van der Waals surface area contributed by atoms with Crippen LogP contribution in [0.1, 0.15) is 17.3 Å². The van der Waals surface area contributed by atoms with Crippen LogP contribution in [0, 0.1) is 0 Å². The van der Waals surface area contributed by atoms with E-state index in [1.807, 2.05) is 6.26 Å². The second kappa shape index (κ2) is 3.97. The third-order valence-electron chi connectivity index (χ3n) is 1.55. The number of halogens is 1. The Kier molecular flexibility index (Phi) is 3.18. The second-order valence-electron chi connectivity index (χ2n) is 2.38. The summed E-state index contributed by atoms with van der Waals surface area (Å²) in [6.45, 7) is 1.55. The van der Waals surface area contributed by atoms with E-state index in [0.717, 1.165) is 4.90 Å². The minimum absolute atomic E-state index is 0.0573. The summed E-state index contributed by atoms with van der Waals surface area (Å²) in [6.07, 6.45) is 1.91. The van der Waals surface area contributed by atoms with E-state index in [9.17, 15) is 4.79 Å². The van der Waals surface area contributed by atoms with Gasteiger partial charge in [-0.05, 0) is 19.2 Å². The first-order valence-electron chi connectivity index (χ1n) is 3.50. The SMILES string of the molecule is CSc1c(Cl)cccc1C(C)=O. The lowest BCUT2D eigenvalue weighted by atomic mass is 10.1. The summed E-state index contributed by atoms with van der Waals surface area (Å²) in [5.74, 6) is 0.0573. The van der Waals surface area contributed by atoms with E-state index in [-0.39, 0.29) is 5.78 Å². The number of carbonyl (C=O) groups excluding carboxylic acids is 1. The maximum Gasteiger partial charge on any atom is 0.160 e. The molecule has 0 bridgehead atoms. The summed E-state index contributed by atoms with van der Waals surface area (Å²) in [7, 11) is 0. The zero-order valence-corrected chi connectivity index (χ0v) is 8.50. The zero-order valence-electron chi connectivity index (χ0n) is 6.93. The summed E-state index contributed by atoms with van der Waals surface area (Å²) in [6, 6.07) is 5.37. The van der Waals surface area contributed by atoms with Gasteiger partial charge in [0.25, 0.3) is 0 Å². The van der Waals surface area contributed by atoms with E-state index in [1.165, 1.54) is 11.8 Å². The van der Waals surface area contributed by atoms with Crippen LogP contribution in [0.3, 0.4) is 0 Å². The van der Waals surface area contributed by atoms with Crippen LogP contribution < -0.4 is 0 Å². The van der Waals surface area contributed by atoms with Crippen LogP contribution in [-0.4, -0.2) is 12.0 Å². The first-order valence-corrected chi connectivity index (χ1v) is 5.10. The molecule has 0 aliphatic carbocycles. The molecule has 0 atom stereocenters. The van der Waals surface area contributed by atoms with Crippen molar-refractivity contribution >= 4 is 29.1 Å². The van der Waals surface area contributed by atoms with Gasteiger partial charge in [0.2, 0.25) is 0 Å². The van der Waals surface area contributed by atoms with E-state index in [2.05, 4.69) is 0 Å². The first kappa shape index (κ1) is 9.62. The third-order valence-corrected chi connectivity index (χ3v) is 2.83. The minimum Gasteiger partial charge on any atom is -0.294 e. The topological polar surface area (TPSA) is 17.1 Å². The average Bonchev–Trinajstić information content (AvgIpc) is 2.03. The van der Waals surface area contributed by atoms with Crippen LogP contribution in [-0.2, 0) is 0 Å². The molecule has 0 aliphatic rings. The molecule has 12 heavy (non-hydrogen) atoms. The summed E-state index contributed by atoms with van der Waals surface area (Å²) in [4.78, 5) is 12.0. The molecule has 0 aromatic heterocycles. The Balaban J connectivity index is 3.27. The Morgan fingerprint density at radius 3 is 2.58 bits per heavy atom. The van der Waals surface area contributed by atoms with Crippen molar-refractivity contribution in [2.75, 3.05) is 6.26 Å². The highest BCUT2D eigenvalue weighted by atomic mass is 35.5. The number of ketones is 1. The second-order valence-corrected chi connectivity index (χ2v) is 3.60. The lowest BCUT2D eigenvalue weighted by Crippen LogP contribution is -1.94. The fraction of sp³-hybridized carbons (Fsp3) is 0.222. The van der Waals surface area contributed by atoms with Crippen molar-refractivity contribution in [2.45, 2.75) is 11.8 Å². The van der Waals surface area contributed by atoms with E-state index in [1.54, 1.807) is 25.1 Å². The summed E-state index contributed by atoms with van der Waals surface area (Å²) < 4.78 is 0. The molecule has 1 rings (SSSR count). The first-order chi connectivity index (χ1) is 5.66. The maximum absolute atomic E-state index is 11.1. The van der Waals surface area contributed by atoms with Crippen LogP contribution in [0.4, 0.5) is 0 Å². The van der Waals surface area contributed by atoms with E-state index >= 15 is 0 Å². The van der Waals surface area contributed by atoms with Crippen LogP contribution in [0.5, 0.6) is 0 Å². The van der Waals surface area contributed by atoms with Gasteiger partial charge in [0, 0.05) is 10.5 Å². The van der Waals surface area contributed by atoms with Gasteiger partial charge in [-0.2, -0.15) is 0 Å². The molecule has 0 aliphatic heterocycles. The number of rotatable bonds is 2. The molecule has 0 saturated carbocycles. The van der Waals surface area contributed by atoms with Crippen molar-refractivity contribution in [3.05, 3.63) is 28.8 Å². The number of hydrogen-bond acceptors (Lipinski definition) is 2. The largest absolute Gasteiger partial charge is 0.294 e.